The van der Waals surface area contributed by atoms with Crippen LogP contribution in [0.4, 0.5) is 22.7 Å². The first-order chi connectivity index (χ1) is 35.0. The van der Waals surface area contributed by atoms with Crippen molar-refractivity contribution >= 4 is 44.6 Å². The average molecular weight is 1170 g/mol. The SMILES string of the molecule is CC(C)c1cccc(C(C)C)c1-c1cc(Oc2[c-]c3c(cc2)c2ccc(C(C)(C)c4ccccc4)cc2n3-c2cc(C(C)(C)C)ccn2)[c-]c(N2[CH-]N(c3cc(C(C)(C)C)cc(C(C)(C)C)c3)c3ccccc32)c1.[Pt]. The van der Waals surface area contributed by atoms with Gasteiger partial charge in [-0.25, -0.2) is 4.98 Å². The van der Waals surface area contributed by atoms with Crippen LogP contribution in [0.1, 0.15) is 155 Å². The molecule has 0 aliphatic carbocycles. The van der Waals surface area contributed by atoms with Crippen LogP contribution in [-0.4, -0.2) is 9.55 Å². The molecule has 1 aliphatic rings. The molecule has 388 valence electrons. The molecule has 2 aromatic heterocycles. The fourth-order valence-corrected chi connectivity index (χ4v) is 10.6. The van der Waals surface area contributed by atoms with E-state index < -0.39 is 0 Å². The second-order valence-electron chi connectivity index (χ2n) is 24.8. The number of rotatable bonds is 10. The van der Waals surface area contributed by atoms with Crippen LogP contribution in [0.15, 0.2) is 152 Å². The zero-order valence-electron chi connectivity index (χ0n) is 46.7. The molecule has 0 saturated carbocycles. The second-order valence-corrected chi connectivity index (χ2v) is 24.8. The zero-order valence-corrected chi connectivity index (χ0v) is 49.0. The number of ether oxygens (including phenoxy) is 1. The summed E-state index contributed by atoms with van der Waals surface area (Å²) in [5.41, 5.74) is 17.0. The van der Waals surface area contributed by atoms with Gasteiger partial charge in [-0.3, -0.25) is 0 Å². The zero-order chi connectivity index (χ0) is 52.6. The Kier molecular flexibility index (Phi) is 14.2. The monoisotopic (exact) mass is 1170 g/mol. The van der Waals surface area contributed by atoms with Crippen molar-refractivity contribution in [2.45, 2.75) is 137 Å². The summed E-state index contributed by atoms with van der Waals surface area (Å²) in [5.74, 6) is 2.64. The van der Waals surface area contributed by atoms with E-state index in [0.29, 0.717) is 23.3 Å². The molecule has 6 heteroatoms. The van der Waals surface area contributed by atoms with E-state index in [1.54, 1.807) is 0 Å². The number of benzene rings is 7. The molecule has 0 fully saturated rings. The van der Waals surface area contributed by atoms with E-state index in [1.807, 2.05) is 6.20 Å². The van der Waals surface area contributed by atoms with Crippen molar-refractivity contribution in [3.05, 3.63) is 210 Å². The van der Waals surface area contributed by atoms with E-state index in [1.165, 1.54) is 44.5 Å². The van der Waals surface area contributed by atoms with Crippen LogP contribution in [0, 0.1) is 18.8 Å². The van der Waals surface area contributed by atoms with Crippen LogP contribution in [0.2, 0.25) is 0 Å². The van der Waals surface area contributed by atoms with Gasteiger partial charge in [-0.15, -0.1) is 53.6 Å². The number of aromatic nitrogens is 2. The molecule has 9 aromatic rings. The second kappa shape index (κ2) is 19.9. The van der Waals surface area contributed by atoms with Gasteiger partial charge in [0.15, 0.2) is 0 Å². The van der Waals surface area contributed by atoms with E-state index in [2.05, 4.69) is 283 Å². The number of para-hydroxylation sites is 2. The Labute approximate surface area is 462 Å². The van der Waals surface area contributed by atoms with Gasteiger partial charge in [0.1, 0.15) is 5.82 Å². The fraction of sp³-hybridized carbons (Fsp3) is 0.304. The Balaban J connectivity index is 0.00000689. The summed E-state index contributed by atoms with van der Waals surface area (Å²) in [6, 6.07) is 61.0. The average Bonchev–Trinajstić information content (AvgIpc) is 3.93. The molecule has 75 heavy (non-hydrogen) atoms. The first-order valence-electron chi connectivity index (χ1n) is 26.6. The van der Waals surface area contributed by atoms with Gasteiger partial charge in [-0.05, 0) is 120 Å². The van der Waals surface area contributed by atoms with Crippen LogP contribution in [0.3, 0.4) is 0 Å². The third-order valence-electron chi connectivity index (χ3n) is 15.2. The van der Waals surface area contributed by atoms with Crippen LogP contribution in [0.5, 0.6) is 11.5 Å². The molecule has 0 unspecified atom stereocenters. The summed E-state index contributed by atoms with van der Waals surface area (Å²) < 4.78 is 9.44. The minimum atomic E-state index is -0.242. The molecule has 1 aliphatic heterocycles. The van der Waals surface area contributed by atoms with Crippen LogP contribution in [0.25, 0.3) is 38.8 Å². The Hall–Kier alpha value is -6.42. The van der Waals surface area contributed by atoms with E-state index in [-0.39, 0.29) is 42.7 Å². The predicted molar refractivity (Wildman–Crippen MR) is 313 cm³/mol. The molecular weight excluding hydrogens is 1100 g/mol. The molecular formula is C69H73N4OPt-3. The third-order valence-corrected chi connectivity index (χ3v) is 15.2. The molecule has 5 nitrogen and oxygen atoms in total. The maximum absolute atomic E-state index is 7.16. The number of nitrogens with zero attached hydrogens (tertiary/aromatic N) is 4. The Morgan fingerprint density at radius 3 is 1.72 bits per heavy atom. The molecule has 0 amide bonds. The third kappa shape index (κ3) is 10.2. The maximum atomic E-state index is 7.16. The minimum Gasteiger partial charge on any atom is -0.509 e. The van der Waals surface area contributed by atoms with Crippen molar-refractivity contribution in [3.63, 3.8) is 0 Å². The van der Waals surface area contributed by atoms with Crippen LogP contribution in [-0.2, 0) is 42.7 Å². The smallest absolute Gasteiger partial charge is 0.135 e. The topological polar surface area (TPSA) is 33.5 Å². The van der Waals surface area contributed by atoms with Gasteiger partial charge in [0.05, 0.1) is 0 Å². The van der Waals surface area contributed by atoms with Gasteiger partial charge in [0.25, 0.3) is 0 Å². The quantitative estimate of drug-likeness (QED) is 0.128. The molecule has 7 aromatic carbocycles. The standard InChI is InChI=1S/C69H73N4O.Pt/c1-44(2)56-24-21-25-57(45(3)4)65(56)46-34-52(71-43-72(61-27-20-19-26-60(61)71)53-37-50(67(8,9)10)36-51(38-53)68(11,12)13)41-55(35-46)74-54-29-31-59-58-30-28-49(69(14,15)47-22-17-16-18-23-47)39-62(58)73(63(59)42-54)64-40-48(32-33-70-64)66(5,6)7;/h16-40,43-45H,1-15H3;/q-3;. The number of pyridine rings is 1. The fourth-order valence-electron chi connectivity index (χ4n) is 10.6. The largest absolute Gasteiger partial charge is 0.509 e. The van der Waals surface area contributed by atoms with Gasteiger partial charge >= 0.3 is 0 Å². The molecule has 0 radical (unpaired) electrons. The predicted octanol–water partition coefficient (Wildman–Crippen LogP) is 19.1. The summed E-state index contributed by atoms with van der Waals surface area (Å²) in [4.78, 5) is 9.70. The molecule has 3 heterocycles. The summed E-state index contributed by atoms with van der Waals surface area (Å²) >= 11 is 0. The van der Waals surface area contributed by atoms with Crippen molar-refractivity contribution in [3.8, 4) is 28.4 Å². The van der Waals surface area contributed by atoms with Crippen molar-refractivity contribution in [2.24, 2.45) is 0 Å². The summed E-state index contributed by atoms with van der Waals surface area (Å²) in [6.07, 6.45) is 1.94. The molecule has 0 saturated heterocycles. The summed E-state index contributed by atoms with van der Waals surface area (Å²) in [7, 11) is 0. The summed E-state index contributed by atoms with van der Waals surface area (Å²) in [6.45, 7) is 36.6. The van der Waals surface area contributed by atoms with E-state index in [9.17, 15) is 0 Å². The first kappa shape index (κ1) is 53.4. The molecule has 0 N–H and O–H groups in total. The Bertz CT molecular complexity index is 3500. The van der Waals surface area contributed by atoms with Crippen molar-refractivity contribution in [2.75, 3.05) is 9.80 Å². The van der Waals surface area contributed by atoms with E-state index in [4.69, 9.17) is 9.72 Å². The Morgan fingerprint density at radius 2 is 1.11 bits per heavy atom. The number of fused-ring (bicyclic) bond motifs is 4. The molecule has 0 atom stereocenters. The van der Waals surface area contributed by atoms with Gasteiger partial charge < -0.3 is 19.1 Å². The van der Waals surface area contributed by atoms with Crippen LogP contribution < -0.4 is 14.5 Å². The minimum absolute atomic E-state index is 0. The summed E-state index contributed by atoms with van der Waals surface area (Å²) in [5, 5.41) is 2.22. The number of anilines is 4. The molecule has 10 rings (SSSR count). The van der Waals surface area contributed by atoms with Crippen molar-refractivity contribution < 1.29 is 25.8 Å². The normalized spacial score (nSPS) is 13.3. The van der Waals surface area contributed by atoms with Gasteiger partial charge in [-0.2, -0.15) is 6.07 Å². The van der Waals surface area contributed by atoms with Crippen LogP contribution >= 0.6 is 0 Å². The number of hydrogen-bond donors (Lipinski definition) is 0. The molecule has 0 spiro atoms. The van der Waals surface area contributed by atoms with Gasteiger partial charge in [0.2, 0.25) is 0 Å². The van der Waals surface area contributed by atoms with Gasteiger partial charge in [0, 0.05) is 66.8 Å². The first-order valence-corrected chi connectivity index (χ1v) is 26.6. The van der Waals surface area contributed by atoms with Crippen molar-refractivity contribution in [1.82, 2.24) is 9.55 Å². The van der Waals surface area contributed by atoms with E-state index >= 15 is 0 Å². The molecule has 0 bridgehead atoms. The number of hydrogen-bond acceptors (Lipinski definition) is 4. The maximum Gasteiger partial charge on any atom is 0.135 e. The van der Waals surface area contributed by atoms with Gasteiger partial charge in [-0.1, -0.05) is 188 Å². The Morgan fingerprint density at radius 1 is 0.507 bits per heavy atom. The van der Waals surface area contributed by atoms with Crippen molar-refractivity contribution in [1.29, 1.82) is 0 Å². The van der Waals surface area contributed by atoms with E-state index in [0.717, 1.165) is 55.9 Å².